The summed E-state index contributed by atoms with van der Waals surface area (Å²) in [5.74, 6) is 0.429. The van der Waals surface area contributed by atoms with Crippen molar-refractivity contribution in [1.82, 2.24) is 25.2 Å². The van der Waals surface area contributed by atoms with Gasteiger partial charge in [-0.05, 0) is 37.8 Å². The van der Waals surface area contributed by atoms with Crippen LogP contribution in [0.1, 0.15) is 25.7 Å². The van der Waals surface area contributed by atoms with Gasteiger partial charge >= 0.3 is 6.03 Å². The van der Waals surface area contributed by atoms with Gasteiger partial charge in [0.05, 0.1) is 6.10 Å². The van der Waals surface area contributed by atoms with Gasteiger partial charge in [0.1, 0.15) is 5.52 Å². The van der Waals surface area contributed by atoms with Crippen molar-refractivity contribution < 1.29 is 9.53 Å². The number of carbonyl (C=O) groups is 1. The number of urea groups is 1. The maximum absolute atomic E-state index is 13.0. The number of amides is 2. The molecule has 0 unspecified atom stereocenters. The van der Waals surface area contributed by atoms with Crippen LogP contribution in [0.3, 0.4) is 0 Å². The van der Waals surface area contributed by atoms with Crippen molar-refractivity contribution in [2.75, 3.05) is 31.1 Å². The summed E-state index contributed by atoms with van der Waals surface area (Å²) in [7, 11) is 0. The summed E-state index contributed by atoms with van der Waals surface area (Å²) in [4.78, 5) is 36.1. The predicted octanol–water partition coefficient (Wildman–Crippen LogP) is 1.42. The van der Waals surface area contributed by atoms with Crippen LogP contribution in [0.15, 0.2) is 35.8 Å². The van der Waals surface area contributed by atoms with E-state index in [-0.39, 0.29) is 23.7 Å². The minimum absolute atomic E-state index is 0.0725. The van der Waals surface area contributed by atoms with Gasteiger partial charge in [-0.25, -0.2) is 14.8 Å². The fourth-order valence-electron chi connectivity index (χ4n) is 4.05. The standard InChI is InChI=1S/C21H28N6O3/c1-2-10-27-18-17(6-3-9-22-18)25-19(20(27)28)26-11-7-15(8-12-26)24-21(29)23-14-16-5-4-13-30-16/h2-3,6,9,15-16H,1,4-5,7-8,10-14H2,(H2,23,24,29)/t16-/m1/s1. The number of piperidine rings is 1. The number of fused-ring (bicyclic) bond motifs is 1. The van der Waals surface area contributed by atoms with Gasteiger partial charge in [0, 0.05) is 45.0 Å². The molecular formula is C21H28N6O3. The highest BCUT2D eigenvalue weighted by atomic mass is 16.5. The number of hydrogen-bond acceptors (Lipinski definition) is 6. The fraction of sp³-hybridized carbons (Fsp3) is 0.524. The van der Waals surface area contributed by atoms with Crippen molar-refractivity contribution in [2.24, 2.45) is 0 Å². The highest BCUT2D eigenvalue weighted by Crippen LogP contribution is 2.18. The molecule has 2 aliphatic rings. The van der Waals surface area contributed by atoms with Crippen LogP contribution in [0.2, 0.25) is 0 Å². The minimum Gasteiger partial charge on any atom is -0.376 e. The monoisotopic (exact) mass is 412 g/mol. The molecule has 0 aromatic carbocycles. The molecule has 0 radical (unpaired) electrons. The molecule has 2 amide bonds. The van der Waals surface area contributed by atoms with Crippen molar-refractivity contribution in [1.29, 1.82) is 0 Å². The van der Waals surface area contributed by atoms with Crippen LogP contribution in [0.5, 0.6) is 0 Å². The van der Waals surface area contributed by atoms with Gasteiger partial charge in [-0.2, -0.15) is 0 Å². The first-order valence-electron chi connectivity index (χ1n) is 10.5. The summed E-state index contributed by atoms with van der Waals surface area (Å²) >= 11 is 0. The molecule has 2 fully saturated rings. The van der Waals surface area contributed by atoms with Gasteiger partial charge in [0.25, 0.3) is 5.56 Å². The third-order valence-electron chi connectivity index (χ3n) is 5.64. The normalized spacial score (nSPS) is 19.7. The number of rotatable bonds is 6. The van der Waals surface area contributed by atoms with E-state index in [1.54, 1.807) is 16.8 Å². The molecule has 2 aromatic heterocycles. The Bertz CT molecular complexity index is 961. The fourth-order valence-corrected chi connectivity index (χ4v) is 4.05. The van der Waals surface area contributed by atoms with Crippen molar-refractivity contribution >= 4 is 23.0 Å². The number of hydrogen-bond donors (Lipinski definition) is 2. The van der Waals surface area contributed by atoms with E-state index in [9.17, 15) is 9.59 Å². The minimum atomic E-state index is -0.165. The molecule has 0 aliphatic carbocycles. The number of aromatic nitrogens is 3. The summed E-state index contributed by atoms with van der Waals surface area (Å²) in [6.07, 6.45) is 7.02. The highest BCUT2D eigenvalue weighted by Gasteiger charge is 2.25. The molecule has 2 aliphatic heterocycles. The van der Waals surface area contributed by atoms with E-state index < -0.39 is 0 Å². The predicted molar refractivity (Wildman–Crippen MR) is 115 cm³/mol. The quantitative estimate of drug-likeness (QED) is 0.696. The molecule has 4 heterocycles. The van der Waals surface area contributed by atoms with Gasteiger partial charge in [-0.1, -0.05) is 6.08 Å². The topological polar surface area (TPSA) is 101 Å². The number of carbonyl (C=O) groups excluding carboxylic acids is 1. The second-order valence-electron chi connectivity index (χ2n) is 7.74. The van der Waals surface area contributed by atoms with E-state index >= 15 is 0 Å². The van der Waals surface area contributed by atoms with E-state index in [1.807, 2.05) is 17.0 Å². The lowest BCUT2D eigenvalue weighted by molar-refractivity contribution is 0.111. The van der Waals surface area contributed by atoms with Gasteiger partial charge in [-0.15, -0.1) is 6.58 Å². The molecule has 9 heteroatoms. The van der Waals surface area contributed by atoms with Gasteiger partial charge < -0.3 is 20.3 Å². The van der Waals surface area contributed by atoms with E-state index in [0.29, 0.717) is 43.2 Å². The van der Waals surface area contributed by atoms with E-state index in [2.05, 4.69) is 27.2 Å². The van der Waals surface area contributed by atoms with Crippen molar-refractivity contribution in [2.45, 2.75) is 44.4 Å². The second-order valence-corrected chi connectivity index (χ2v) is 7.74. The Morgan fingerprint density at radius 2 is 2.17 bits per heavy atom. The third kappa shape index (κ3) is 4.46. The molecule has 4 rings (SSSR count). The largest absolute Gasteiger partial charge is 0.376 e. The number of ether oxygens (including phenoxy) is 1. The number of allylic oxidation sites excluding steroid dienone is 1. The van der Waals surface area contributed by atoms with Crippen LogP contribution >= 0.6 is 0 Å². The van der Waals surface area contributed by atoms with E-state index in [1.165, 1.54) is 0 Å². The highest BCUT2D eigenvalue weighted by molar-refractivity contribution is 5.74. The van der Waals surface area contributed by atoms with Crippen molar-refractivity contribution in [3.8, 4) is 0 Å². The lowest BCUT2D eigenvalue weighted by Gasteiger charge is -2.33. The summed E-state index contributed by atoms with van der Waals surface area (Å²) < 4.78 is 7.13. The first-order chi connectivity index (χ1) is 14.7. The first kappa shape index (κ1) is 20.3. The zero-order valence-corrected chi connectivity index (χ0v) is 17.0. The number of anilines is 1. The zero-order chi connectivity index (χ0) is 20.9. The molecule has 2 aromatic rings. The Balaban J connectivity index is 1.38. The molecule has 0 bridgehead atoms. The summed E-state index contributed by atoms with van der Waals surface area (Å²) in [5.41, 5.74) is 1.08. The average molecular weight is 412 g/mol. The third-order valence-corrected chi connectivity index (χ3v) is 5.64. The van der Waals surface area contributed by atoms with Crippen LogP contribution in [-0.4, -0.2) is 59.0 Å². The zero-order valence-electron chi connectivity index (χ0n) is 17.0. The summed E-state index contributed by atoms with van der Waals surface area (Å²) in [6.45, 7) is 6.75. The first-order valence-corrected chi connectivity index (χ1v) is 10.5. The lowest BCUT2D eigenvalue weighted by atomic mass is 10.1. The Kier molecular flexibility index (Phi) is 6.27. The van der Waals surface area contributed by atoms with E-state index in [0.717, 1.165) is 32.3 Å². The van der Waals surface area contributed by atoms with Crippen molar-refractivity contribution in [3.05, 3.63) is 41.3 Å². The SMILES string of the molecule is C=CCn1c(=O)c(N2CCC(NC(=O)NC[C@H]3CCCO3)CC2)nc2cccnc21. The molecule has 30 heavy (non-hydrogen) atoms. The molecule has 0 spiro atoms. The number of pyridine rings is 1. The van der Waals surface area contributed by atoms with Crippen LogP contribution in [0.4, 0.5) is 10.6 Å². The lowest BCUT2D eigenvalue weighted by Crippen LogP contribution is -2.50. The van der Waals surface area contributed by atoms with Gasteiger partial charge in [-0.3, -0.25) is 9.36 Å². The maximum atomic E-state index is 13.0. The van der Waals surface area contributed by atoms with Gasteiger partial charge in [0.2, 0.25) is 0 Å². The number of nitrogens with one attached hydrogen (secondary N) is 2. The van der Waals surface area contributed by atoms with Crippen LogP contribution in [-0.2, 0) is 11.3 Å². The Morgan fingerprint density at radius 3 is 2.90 bits per heavy atom. The Morgan fingerprint density at radius 1 is 1.33 bits per heavy atom. The maximum Gasteiger partial charge on any atom is 0.315 e. The molecule has 2 N–H and O–H groups in total. The van der Waals surface area contributed by atoms with Crippen LogP contribution in [0.25, 0.3) is 11.2 Å². The molecule has 1 atom stereocenters. The van der Waals surface area contributed by atoms with Crippen LogP contribution < -0.4 is 21.1 Å². The second kappa shape index (κ2) is 9.25. The summed E-state index contributed by atoms with van der Waals surface area (Å²) in [5, 5.41) is 5.93. The smallest absolute Gasteiger partial charge is 0.315 e. The molecule has 2 saturated heterocycles. The van der Waals surface area contributed by atoms with Gasteiger partial charge in [0.15, 0.2) is 11.5 Å². The molecule has 9 nitrogen and oxygen atoms in total. The molecule has 0 saturated carbocycles. The average Bonchev–Trinajstić information content (AvgIpc) is 3.29. The van der Waals surface area contributed by atoms with Crippen LogP contribution in [0, 0.1) is 0 Å². The number of nitrogens with zero attached hydrogens (tertiary/aromatic N) is 4. The van der Waals surface area contributed by atoms with E-state index in [4.69, 9.17) is 4.74 Å². The van der Waals surface area contributed by atoms with Crippen molar-refractivity contribution in [3.63, 3.8) is 0 Å². The Hall–Kier alpha value is -2.94. The molecular weight excluding hydrogens is 384 g/mol. The molecule has 160 valence electrons. The Labute approximate surface area is 175 Å². The summed E-state index contributed by atoms with van der Waals surface area (Å²) in [6, 6.07) is 3.58.